The van der Waals surface area contributed by atoms with E-state index in [0.717, 1.165) is 23.2 Å². The number of aryl methyl sites for hydroxylation is 1. The van der Waals surface area contributed by atoms with Crippen LogP contribution in [0.5, 0.6) is 5.75 Å². The first kappa shape index (κ1) is 16.5. The van der Waals surface area contributed by atoms with Crippen LogP contribution in [0.2, 0.25) is 0 Å². The first-order valence-electron chi connectivity index (χ1n) is 7.43. The van der Waals surface area contributed by atoms with Crippen molar-refractivity contribution in [2.45, 2.75) is 33.2 Å². The van der Waals surface area contributed by atoms with Crippen molar-refractivity contribution in [3.63, 3.8) is 0 Å². The Balaban J connectivity index is 2.36. The lowest BCUT2D eigenvalue weighted by Gasteiger charge is -2.20. The Bertz CT molecular complexity index is 582. The highest BCUT2D eigenvalue weighted by Gasteiger charge is 2.18. The van der Waals surface area contributed by atoms with E-state index in [1.54, 1.807) is 0 Å². The largest absolute Gasteiger partial charge is 0.493 e. The van der Waals surface area contributed by atoms with Gasteiger partial charge >= 0.3 is 0 Å². The van der Waals surface area contributed by atoms with E-state index < -0.39 is 0 Å². The number of rotatable bonds is 7. The molecule has 2 nitrogen and oxygen atoms in total. The minimum absolute atomic E-state index is 0.247. The molecule has 21 heavy (non-hydrogen) atoms. The second kappa shape index (κ2) is 7.97. The van der Waals surface area contributed by atoms with Gasteiger partial charge in [0, 0.05) is 4.88 Å². The Kier molecular flexibility index (Phi) is 6.27. The maximum Gasteiger partial charge on any atom is 0.133 e. The molecule has 0 aliphatic carbocycles. The average Bonchev–Trinajstić information content (AvgIpc) is 2.95. The second-order valence-electron chi connectivity index (χ2n) is 4.78. The van der Waals surface area contributed by atoms with Crippen LogP contribution in [0, 0.1) is 0 Å². The summed E-state index contributed by atoms with van der Waals surface area (Å²) in [5, 5.41) is 5.79. The van der Waals surface area contributed by atoms with E-state index in [-0.39, 0.29) is 6.04 Å². The van der Waals surface area contributed by atoms with E-state index in [4.69, 9.17) is 4.74 Å². The van der Waals surface area contributed by atoms with Gasteiger partial charge in [-0.25, -0.2) is 0 Å². The summed E-state index contributed by atoms with van der Waals surface area (Å²) in [7, 11) is 0. The molecular weight excluding hydrogens is 346 g/mol. The average molecular weight is 368 g/mol. The van der Waals surface area contributed by atoms with E-state index in [9.17, 15) is 0 Å². The summed E-state index contributed by atoms with van der Waals surface area (Å²) in [5.74, 6) is 0.901. The number of hydrogen-bond donors (Lipinski definition) is 1. The van der Waals surface area contributed by atoms with Crippen molar-refractivity contribution in [3.8, 4) is 5.75 Å². The highest BCUT2D eigenvalue weighted by Crippen LogP contribution is 2.34. The number of ether oxygens (including phenoxy) is 1. The Morgan fingerprint density at radius 3 is 2.67 bits per heavy atom. The Hall–Kier alpha value is -0.840. The van der Waals surface area contributed by atoms with Crippen LogP contribution in [-0.4, -0.2) is 13.2 Å². The van der Waals surface area contributed by atoms with E-state index in [1.165, 1.54) is 16.0 Å². The van der Waals surface area contributed by atoms with Gasteiger partial charge < -0.3 is 10.1 Å². The molecular formula is C17H22BrNOS. The van der Waals surface area contributed by atoms with Crippen LogP contribution in [0.3, 0.4) is 0 Å². The monoisotopic (exact) mass is 367 g/mol. The quantitative estimate of drug-likeness (QED) is 0.728. The molecule has 1 unspecified atom stereocenters. The van der Waals surface area contributed by atoms with Gasteiger partial charge in [-0.05, 0) is 70.5 Å². The van der Waals surface area contributed by atoms with Gasteiger partial charge in [0.25, 0.3) is 0 Å². The summed E-state index contributed by atoms with van der Waals surface area (Å²) < 4.78 is 6.62. The third kappa shape index (κ3) is 3.87. The van der Waals surface area contributed by atoms with Gasteiger partial charge in [-0.2, -0.15) is 0 Å². The van der Waals surface area contributed by atoms with Gasteiger partial charge in [0.1, 0.15) is 5.75 Å². The topological polar surface area (TPSA) is 21.3 Å². The van der Waals surface area contributed by atoms with Crippen LogP contribution in [0.1, 0.15) is 42.8 Å². The van der Waals surface area contributed by atoms with E-state index in [1.807, 2.05) is 24.3 Å². The van der Waals surface area contributed by atoms with Gasteiger partial charge in [0.15, 0.2) is 0 Å². The lowest BCUT2D eigenvalue weighted by Crippen LogP contribution is -2.22. The molecule has 2 rings (SSSR count). The minimum atomic E-state index is 0.247. The van der Waals surface area contributed by atoms with E-state index >= 15 is 0 Å². The van der Waals surface area contributed by atoms with Crippen molar-refractivity contribution in [2.75, 3.05) is 13.2 Å². The van der Waals surface area contributed by atoms with Gasteiger partial charge in [0.2, 0.25) is 0 Å². The van der Waals surface area contributed by atoms with E-state index in [0.29, 0.717) is 6.61 Å². The third-order valence-electron chi connectivity index (χ3n) is 3.42. The Morgan fingerprint density at radius 1 is 1.24 bits per heavy atom. The molecule has 0 amide bonds. The molecule has 1 atom stereocenters. The highest BCUT2D eigenvalue weighted by atomic mass is 79.9. The van der Waals surface area contributed by atoms with Gasteiger partial charge in [0.05, 0.1) is 17.1 Å². The highest BCUT2D eigenvalue weighted by molar-refractivity contribution is 9.10. The molecule has 0 bridgehead atoms. The van der Waals surface area contributed by atoms with Crippen LogP contribution < -0.4 is 10.1 Å². The smallest absolute Gasteiger partial charge is 0.133 e. The summed E-state index contributed by atoms with van der Waals surface area (Å²) in [4.78, 5) is 1.41. The zero-order valence-corrected chi connectivity index (χ0v) is 15.2. The molecule has 4 heteroatoms. The van der Waals surface area contributed by atoms with Crippen molar-refractivity contribution in [1.29, 1.82) is 0 Å². The predicted molar refractivity (Wildman–Crippen MR) is 94.5 cm³/mol. The molecule has 0 saturated heterocycles. The van der Waals surface area contributed by atoms with Gasteiger partial charge in [-0.15, -0.1) is 11.3 Å². The van der Waals surface area contributed by atoms with Gasteiger partial charge in [-0.1, -0.05) is 19.9 Å². The van der Waals surface area contributed by atoms with Crippen molar-refractivity contribution >= 4 is 27.3 Å². The van der Waals surface area contributed by atoms with Crippen LogP contribution in [0.25, 0.3) is 0 Å². The third-order valence-corrected chi connectivity index (χ3v) is 5.06. The zero-order chi connectivity index (χ0) is 15.2. The molecule has 0 saturated carbocycles. The molecule has 114 valence electrons. The lowest BCUT2D eigenvalue weighted by atomic mass is 10.0. The van der Waals surface area contributed by atoms with Crippen molar-refractivity contribution in [2.24, 2.45) is 0 Å². The maximum absolute atomic E-state index is 5.60. The van der Waals surface area contributed by atoms with Crippen LogP contribution in [0.15, 0.2) is 34.1 Å². The molecule has 0 radical (unpaired) electrons. The molecule has 0 aliphatic rings. The summed E-state index contributed by atoms with van der Waals surface area (Å²) >= 11 is 5.45. The molecule has 2 aromatic rings. The first-order valence-corrected chi connectivity index (χ1v) is 9.10. The zero-order valence-electron chi connectivity index (χ0n) is 12.8. The summed E-state index contributed by atoms with van der Waals surface area (Å²) in [6, 6.07) is 8.84. The SMILES string of the molecule is CCNC(c1ccc(OCC)c(Br)c1)c1sccc1CC. The van der Waals surface area contributed by atoms with Crippen molar-refractivity contribution < 1.29 is 4.74 Å². The molecule has 1 N–H and O–H groups in total. The summed E-state index contributed by atoms with van der Waals surface area (Å²) in [6.45, 7) is 7.98. The summed E-state index contributed by atoms with van der Waals surface area (Å²) in [6.07, 6.45) is 1.07. The fraction of sp³-hybridized carbons (Fsp3) is 0.412. The normalized spacial score (nSPS) is 12.4. The molecule has 1 aromatic carbocycles. The predicted octanol–water partition coefficient (Wildman–Crippen LogP) is 5.17. The molecule has 1 heterocycles. The van der Waals surface area contributed by atoms with Gasteiger partial charge in [-0.3, -0.25) is 0 Å². The van der Waals surface area contributed by atoms with Crippen LogP contribution in [-0.2, 0) is 6.42 Å². The van der Waals surface area contributed by atoms with Crippen molar-refractivity contribution in [1.82, 2.24) is 5.32 Å². The standard InChI is InChI=1S/C17H22BrNOS/c1-4-12-9-10-21-17(12)16(19-5-2)13-7-8-15(20-6-3)14(18)11-13/h7-11,16,19H,4-6H2,1-3H3. The number of nitrogens with one attached hydrogen (secondary N) is 1. The number of benzene rings is 1. The number of halogens is 1. The van der Waals surface area contributed by atoms with E-state index in [2.05, 4.69) is 58.7 Å². The second-order valence-corrected chi connectivity index (χ2v) is 6.58. The number of hydrogen-bond acceptors (Lipinski definition) is 3. The van der Waals surface area contributed by atoms with Crippen molar-refractivity contribution in [3.05, 3.63) is 50.1 Å². The minimum Gasteiger partial charge on any atom is -0.493 e. The Morgan fingerprint density at radius 2 is 2.05 bits per heavy atom. The molecule has 1 aromatic heterocycles. The fourth-order valence-electron chi connectivity index (χ4n) is 2.43. The molecule has 0 fully saturated rings. The van der Waals surface area contributed by atoms with Crippen LogP contribution >= 0.6 is 27.3 Å². The fourth-order valence-corrected chi connectivity index (χ4v) is 4.04. The maximum atomic E-state index is 5.60. The molecule has 0 spiro atoms. The van der Waals surface area contributed by atoms with Crippen LogP contribution in [0.4, 0.5) is 0 Å². The number of thiophene rings is 1. The molecule has 0 aliphatic heterocycles. The Labute approximate surface area is 139 Å². The summed E-state index contributed by atoms with van der Waals surface area (Å²) in [5.41, 5.74) is 2.69. The first-order chi connectivity index (χ1) is 10.2. The lowest BCUT2D eigenvalue weighted by molar-refractivity contribution is 0.338.